The van der Waals surface area contributed by atoms with Crippen LogP contribution in [0.25, 0.3) is 0 Å². The van der Waals surface area contributed by atoms with E-state index in [1.54, 1.807) is 24.3 Å². The quantitative estimate of drug-likeness (QED) is 0.760. The largest absolute Gasteiger partial charge is 0.491 e. The van der Waals surface area contributed by atoms with Crippen LogP contribution in [0.1, 0.15) is 11.1 Å². The second-order valence-corrected chi connectivity index (χ2v) is 5.31. The number of hydrogen-bond donors (Lipinski definition) is 3. The van der Waals surface area contributed by atoms with E-state index in [1.807, 2.05) is 37.3 Å². The van der Waals surface area contributed by atoms with Gasteiger partial charge in [0.2, 0.25) is 0 Å². The first kappa shape index (κ1) is 17.3. The molecule has 2 aromatic carbocycles. The molecule has 0 saturated carbocycles. The van der Waals surface area contributed by atoms with Crippen LogP contribution in [0.15, 0.2) is 48.5 Å². The lowest BCUT2D eigenvalue weighted by atomic mass is 10.2. The molecule has 0 bridgehead atoms. The number of nitrogens with one attached hydrogen (secondary N) is 2. The second kappa shape index (κ2) is 8.56. The maximum Gasteiger partial charge on any atom is 0.319 e. The van der Waals surface area contributed by atoms with Crippen molar-refractivity contribution in [2.75, 3.05) is 18.5 Å². The third-order valence-electron chi connectivity index (χ3n) is 3.18. The number of aliphatic hydroxyl groups excluding tert-OH is 1. The molecule has 6 heteroatoms. The van der Waals surface area contributed by atoms with Crippen molar-refractivity contribution in [1.29, 1.82) is 5.26 Å². The number of aliphatic hydroxyl groups is 1. The standard InChI is InChI=1S/C18H19N3O3/c1-13-4-2-7-17(8-13)24-12-16(22)11-20-18(23)21-15-6-3-5-14(9-15)10-19/h2-9,16,22H,11-12H2,1H3,(H2,20,21,23)/t16-/m1/s1. The number of hydrogen-bond acceptors (Lipinski definition) is 4. The van der Waals surface area contributed by atoms with Gasteiger partial charge in [-0.3, -0.25) is 0 Å². The van der Waals surface area contributed by atoms with Gasteiger partial charge in [0.15, 0.2) is 0 Å². The van der Waals surface area contributed by atoms with Crippen LogP contribution < -0.4 is 15.4 Å². The number of ether oxygens (including phenoxy) is 1. The minimum atomic E-state index is -0.832. The van der Waals surface area contributed by atoms with Crippen LogP contribution in [0.5, 0.6) is 5.75 Å². The van der Waals surface area contributed by atoms with Gasteiger partial charge in [-0.2, -0.15) is 5.26 Å². The number of aryl methyl sites for hydroxylation is 1. The fraction of sp³-hybridized carbons (Fsp3) is 0.222. The van der Waals surface area contributed by atoms with Crippen molar-refractivity contribution >= 4 is 11.7 Å². The first-order valence-electron chi connectivity index (χ1n) is 7.49. The fourth-order valence-electron chi connectivity index (χ4n) is 2.01. The van der Waals surface area contributed by atoms with Gasteiger partial charge in [-0.15, -0.1) is 0 Å². The minimum absolute atomic E-state index is 0.0512. The highest BCUT2D eigenvalue weighted by molar-refractivity contribution is 5.89. The molecule has 0 spiro atoms. The number of rotatable bonds is 6. The molecular weight excluding hydrogens is 306 g/mol. The summed E-state index contributed by atoms with van der Waals surface area (Å²) in [5.74, 6) is 0.673. The lowest BCUT2D eigenvalue weighted by Gasteiger charge is -2.14. The van der Waals surface area contributed by atoms with Gasteiger partial charge < -0.3 is 20.5 Å². The Morgan fingerprint density at radius 1 is 1.29 bits per heavy atom. The van der Waals surface area contributed by atoms with Crippen molar-refractivity contribution in [3.63, 3.8) is 0 Å². The molecule has 0 unspecified atom stereocenters. The van der Waals surface area contributed by atoms with Crippen molar-refractivity contribution in [1.82, 2.24) is 5.32 Å². The normalized spacial score (nSPS) is 11.2. The van der Waals surface area contributed by atoms with Gasteiger partial charge in [0.1, 0.15) is 18.5 Å². The maximum atomic E-state index is 11.8. The first-order chi connectivity index (χ1) is 11.6. The Hall–Kier alpha value is -3.04. The van der Waals surface area contributed by atoms with Gasteiger partial charge in [-0.25, -0.2) is 4.79 Å². The highest BCUT2D eigenvalue weighted by Crippen LogP contribution is 2.12. The Balaban J connectivity index is 1.73. The molecule has 0 radical (unpaired) electrons. The Bertz CT molecular complexity index is 740. The lowest BCUT2D eigenvalue weighted by molar-refractivity contribution is 0.108. The van der Waals surface area contributed by atoms with Gasteiger partial charge in [0.25, 0.3) is 0 Å². The van der Waals surface area contributed by atoms with Gasteiger partial charge in [-0.05, 0) is 42.8 Å². The Morgan fingerprint density at radius 2 is 2.08 bits per heavy atom. The molecule has 2 amide bonds. The van der Waals surface area contributed by atoms with Crippen LogP contribution >= 0.6 is 0 Å². The number of nitrogens with zero attached hydrogens (tertiary/aromatic N) is 1. The zero-order valence-corrected chi connectivity index (χ0v) is 13.3. The summed E-state index contributed by atoms with van der Waals surface area (Å²) in [5.41, 5.74) is 2.04. The summed E-state index contributed by atoms with van der Waals surface area (Å²) in [4.78, 5) is 11.8. The average molecular weight is 325 g/mol. The third-order valence-corrected chi connectivity index (χ3v) is 3.18. The van der Waals surface area contributed by atoms with Crippen LogP contribution in [0, 0.1) is 18.3 Å². The van der Waals surface area contributed by atoms with Crippen molar-refractivity contribution in [2.45, 2.75) is 13.0 Å². The number of benzene rings is 2. The first-order valence-corrected chi connectivity index (χ1v) is 7.49. The molecule has 124 valence electrons. The molecule has 3 N–H and O–H groups in total. The molecule has 6 nitrogen and oxygen atoms in total. The maximum absolute atomic E-state index is 11.8. The predicted octanol–water partition coefficient (Wildman–Crippen LogP) is 2.43. The van der Waals surface area contributed by atoms with E-state index in [4.69, 9.17) is 10.00 Å². The van der Waals surface area contributed by atoms with E-state index >= 15 is 0 Å². The van der Waals surface area contributed by atoms with Crippen LogP contribution in [0.2, 0.25) is 0 Å². The van der Waals surface area contributed by atoms with E-state index in [9.17, 15) is 9.90 Å². The Kier molecular flexibility index (Phi) is 6.17. The molecule has 0 aliphatic carbocycles. The number of carbonyl (C=O) groups excluding carboxylic acids is 1. The Labute approximate surface area is 140 Å². The monoisotopic (exact) mass is 325 g/mol. The van der Waals surface area contributed by atoms with Crippen LogP contribution in [-0.4, -0.2) is 30.4 Å². The van der Waals surface area contributed by atoms with Crippen molar-refractivity contribution < 1.29 is 14.6 Å². The number of carbonyl (C=O) groups is 1. The summed E-state index contributed by atoms with van der Waals surface area (Å²) in [5, 5.41) is 23.8. The molecule has 0 aliphatic heterocycles. The predicted molar refractivity (Wildman–Crippen MR) is 90.9 cm³/mol. The molecule has 0 aromatic heterocycles. The molecule has 2 aromatic rings. The zero-order valence-electron chi connectivity index (χ0n) is 13.3. The SMILES string of the molecule is Cc1cccc(OC[C@H](O)CNC(=O)Nc2cccc(C#N)c2)c1. The minimum Gasteiger partial charge on any atom is -0.491 e. The van der Waals surface area contributed by atoms with Crippen molar-refractivity contribution in [3.8, 4) is 11.8 Å². The van der Waals surface area contributed by atoms with Crippen molar-refractivity contribution in [2.24, 2.45) is 0 Å². The summed E-state index contributed by atoms with van der Waals surface area (Å²) in [6.45, 7) is 2.08. The lowest BCUT2D eigenvalue weighted by Crippen LogP contribution is -2.37. The Morgan fingerprint density at radius 3 is 2.83 bits per heavy atom. The highest BCUT2D eigenvalue weighted by Gasteiger charge is 2.08. The molecule has 2 rings (SSSR count). The molecule has 24 heavy (non-hydrogen) atoms. The van der Waals surface area contributed by atoms with Crippen molar-refractivity contribution in [3.05, 3.63) is 59.7 Å². The van der Waals surface area contributed by atoms with E-state index in [1.165, 1.54) is 0 Å². The van der Waals surface area contributed by atoms with Crippen LogP contribution in [0.3, 0.4) is 0 Å². The number of anilines is 1. The van der Waals surface area contributed by atoms with E-state index in [2.05, 4.69) is 10.6 Å². The smallest absolute Gasteiger partial charge is 0.319 e. The summed E-state index contributed by atoms with van der Waals surface area (Å²) in [6.07, 6.45) is -0.832. The summed E-state index contributed by atoms with van der Waals surface area (Å²) < 4.78 is 5.47. The topological polar surface area (TPSA) is 94.4 Å². The fourth-order valence-corrected chi connectivity index (χ4v) is 2.01. The summed E-state index contributed by atoms with van der Waals surface area (Å²) >= 11 is 0. The zero-order chi connectivity index (χ0) is 17.4. The van der Waals surface area contributed by atoms with E-state index < -0.39 is 12.1 Å². The number of urea groups is 1. The molecular formula is C18H19N3O3. The molecule has 1 atom stereocenters. The van der Waals surface area contributed by atoms with Gasteiger partial charge in [0, 0.05) is 12.2 Å². The third kappa shape index (κ3) is 5.63. The molecule has 0 aliphatic rings. The number of amides is 2. The second-order valence-electron chi connectivity index (χ2n) is 5.31. The van der Waals surface area contributed by atoms with E-state index in [0.717, 1.165) is 5.56 Å². The van der Waals surface area contributed by atoms with E-state index in [0.29, 0.717) is 17.0 Å². The van der Waals surface area contributed by atoms with Crippen LogP contribution in [0.4, 0.5) is 10.5 Å². The molecule has 0 heterocycles. The molecule has 0 saturated heterocycles. The van der Waals surface area contributed by atoms with Gasteiger partial charge in [-0.1, -0.05) is 18.2 Å². The molecule has 0 fully saturated rings. The number of nitriles is 1. The summed E-state index contributed by atoms with van der Waals surface area (Å²) in [6, 6.07) is 15.6. The summed E-state index contributed by atoms with van der Waals surface area (Å²) in [7, 11) is 0. The van der Waals surface area contributed by atoms with Gasteiger partial charge >= 0.3 is 6.03 Å². The average Bonchev–Trinajstić information content (AvgIpc) is 2.58. The highest BCUT2D eigenvalue weighted by atomic mass is 16.5. The van der Waals surface area contributed by atoms with E-state index in [-0.39, 0.29) is 13.2 Å². The van der Waals surface area contributed by atoms with Crippen LogP contribution in [-0.2, 0) is 0 Å². The van der Waals surface area contributed by atoms with Gasteiger partial charge in [0.05, 0.1) is 11.6 Å².